The van der Waals surface area contributed by atoms with E-state index in [1.165, 1.54) is 49.0 Å². The first-order chi connectivity index (χ1) is 13.3. The molecule has 4 heterocycles. The smallest absolute Gasteiger partial charge is 0.260 e. The monoisotopic (exact) mass is 383 g/mol. The molecule has 0 bridgehead atoms. The highest BCUT2D eigenvalue weighted by atomic mass is 32.1. The molecule has 3 aromatic rings. The number of anilines is 1. The van der Waals surface area contributed by atoms with Crippen LogP contribution in [0.5, 0.6) is 0 Å². The maximum Gasteiger partial charge on any atom is 0.260 e. The molecular formula is C21H25N3O2S. The van der Waals surface area contributed by atoms with E-state index in [0.29, 0.717) is 11.6 Å². The highest BCUT2D eigenvalue weighted by Crippen LogP contribution is 2.34. The third-order valence-corrected chi connectivity index (χ3v) is 7.00. The molecule has 142 valence electrons. The standard InChI is InChI=1S/C21H25N3O2S/c25-20-18-14-8-4-1-2-5-9-16(14)27-21(18)23-19(22-20)15-10-11-17(26-15)24-12-6-3-7-13-24/h10-11H,1-9,12-13H2,(H,22,23,25). The lowest BCUT2D eigenvalue weighted by molar-refractivity contribution is 0.505. The summed E-state index contributed by atoms with van der Waals surface area (Å²) in [6.45, 7) is 2.07. The summed E-state index contributed by atoms with van der Waals surface area (Å²) in [7, 11) is 0. The van der Waals surface area contributed by atoms with Crippen molar-refractivity contribution >= 4 is 27.4 Å². The Morgan fingerprint density at radius 3 is 2.63 bits per heavy atom. The van der Waals surface area contributed by atoms with Crippen molar-refractivity contribution in [1.82, 2.24) is 9.97 Å². The van der Waals surface area contributed by atoms with E-state index in [1.807, 2.05) is 12.1 Å². The molecule has 0 unspecified atom stereocenters. The van der Waals surface area contributed by atoms with Gasteiger partial charge in [-0.05, 0) is 56.6 Å². The number of nitrogens with zero attached hydrogens (tertiary/aromatic N) is 2. The van der Waals surface area contributed by atoms with E-state index < -0.39 is 0 Å². The van der Waals surface area contributed by atoms with Crippen LogP contribution in [0.15, 0.2) is 21.3 Å². The van der Waals surface area contributed by atoms with Gasteiger partial charge in [0.25, 0.3) is 5.56 Å². The van der Waals surface area contributed by atoms with Crippen LogP contribution in [0, 0.1) is 0 Å². The van der Waals surface area contributed by atoms with Crippen molar-refractivity contribution in [2.24, 2.45) is 0 Å². The quantitative estimate of drug-likeness (QED) is 0.684. The van der Waals surface area contributed by atoms with Crippen LogP contribution in [0.2, 0.25) is 0 Å². The molecule has 1 aliphatic heterocycles. The number of furan rings is 1. The van der Waals surface area contributed by atoms with E-state index in [4.69, 9.17) is 9.40 Å². The largest absolute Gasteiger partial charge is 0.437 e. The topological polar surface area (TPSA) is 62.1 Å². The normalized spacial score (nSPS) is 18.3. The third-order valence-electron chi connectivity index (χ3n) is 5.82. The summed E-state index contributed by atoms with van der Waals surface area (Å²) >= 11 is 1.70. The van der Waals surface area contributed by atoms with Crippen molar-refractivity contribution in [3.05, 3.63) is 32.9 Å². The molecule has 1 fully saturated rings. The van der Waals surface area contributed by atoms with Gasteiger partial charge in [-0.15, -0.1) is 11.3 Å². The van der Waals surface area contributed by atoms with Gasteiger partial charge in [-0.25, -0.2) is 4.98 Å². The van der Waals surface area contributed by atoms with E-state index in [1.54, 1.807) is 11.3 Å². The second-order valence-electron chi connectivity index (χ2n) is 7.70. The molecule has 1 N–H and O–H groups in total. The first-order valence-corrected chi connectivity index (χ1v) is 11.0. The van der Waals surface area contributed by atoms with Crippen LogP contribution in [0.25, 0.3) is 21.8 Å². The van der Waals surface area contributed by atoms with Gasteiger partial charge in [0.05, 0.1) is 5.39 Å². The fraction of sp³-hybridized carbons (Fsp3) is 0.524. The highest BCUT2D eigenvalue weighted by molar-refractivity contribution is 7.18. The Hall–Kier alpha value is -2.08. The van der Waals surface area contributed by atoms with Gasteiger partial charge in [0.2, 0.25) is 0 Å². The van der Waals surface area contributed by atoms with Gasteiger partial charge in [-0.3, -0.25) is 4.79 Å². The van der Waals surface area contributed by atoms with Gasteiger partial charge in [-0.2, -0.15) is 0 Å². The number of rotatable bonds is 2. The molecular weight excluding hydrogens is 358 g/mol. The first-order valence-electron chi connectivity index (χ1n) is 10.2. The van der Waals surface area contributed by atoms with Crippen LogP contribution in [0.4, 0.5) is 5.88 Å². The van der Waals surface area contributed by atoms with Crippen molar-refractivity contribution in [3.8, 4) is 11.6 Å². The van der Waals surface area contributed by atoms with Gasteiger partial charge in [0, 0.05) is 24.0 Å². The summed E-state index contributed by atoms with van der Waals surface area (Å²) < 4.78 is 6.05. The SMILES string of the molecule is O=c1[nH]c(-c2ccc(N3CCCCC3)o2)nc2sc3c(c12)CCCCCC3. The van der Waals surface area contributed by atoms with E-state index in [9.17, 15) is 4.79 Å². The summed E-state index contributed by atoms with van der Waals surface area (Å²) in [5.74, 6) is 2.08. The van der Waals surface area contributed by atoms with Crippen molar-refractivity contribution in [2.75, 3.05) is 18.0 Å². The van der Waals surface area contributed by atoms with Gasteiger partial charge < -0.3 is 14.3 Å². The lowest BCUT2D eigenvalue weighted by Crippen LogP contribution is -2.28. The molecule has 2 aliphatic rings. The Bertz CT molecular complexity index is 1010. The first kappa shape index (κ1) is 17.0. The molecule has 0 amide bonds. The van der Waals surface area contributed by atoms with Gasteiger partial charge in [-0.1, -0.05) is 12.8 Å². The van der Waals surface area contributed by atoms with Crippen molar-refractivity contribution < 1.29 is 4.42 Å². The molecule has 0 spiro atoms. The summed E-state index contributed by atoms with van der Waals surface area (Å²) in [5.41, 5.74) is 1.22. The van der Waals surface area contributed by atoms with Crippen molar-refractivity contribution in [2.45, 2.75) is 57.8 Å². The summed E-state index contributed by atoms with van der Waals surface area (Å²) in [6.07, 6.45) is 10.7. The van der Waals surface area contributed by atoms with Crippen LogP contribution in [0.3, 0.4) is 0 Å². The average Bonchev–Trinajstić information content (AvgIpc) is 3.28. The summed E-state index contributed by atoms with van der Waals surface area (Å²) in [6, 6.07) is 3.93. The summed E-state index contributed by atoms with van der Waals surface area (Å²) in [5, 5.41) is 0.809. The van der Waals surface area contributed by atoms with Crippen LogP contribution in [-0.2, 0) is 12.8 Å². The Balaban J connectivity index is 1.53. The van der Waals surface area contributed by atoms with Crippen LogP contribution < -0.4 is 10.5 Å². The second kappa shape index (κ2) is 7.15. The van der Waals surface area contributed by atoms with E-state index in [-0.39, 0.29) is 5.56 Å². The van der Waals surface area contributed by atoms with Crippen LogP contribution in [0.1, 0.15) is 55.4 Å². The minimum Gasteiger partial charge on any atom is -0.437 e. The highest BCUT2D eigenvalue weighted by Gasteiger charge is 2.20. The lowest BCUT2D eigenvalue weighted by atomic mass is 9.98. The zero-order valence-corrected chi connectivity index (χ0v) is 16.4. The fourth-order valence-electron chi connectivity index (χ4n) is 4.37. The van der Waals surface area contributed by atoms with Crippen molar-refractivity contribution in [3.63, 3.8) is 0 Å². The molecule has 0 aromatic carbocycles. The molecule has 27 heavy (non-hydrogen) atoms. The second-order valence-corrected chi connectivity index (χ2v) is 8.78. The minimum atomic E-state index is -0.0241. The number of fused-ring (bicyclic) bond motifs is 3. The fourth-order valence-corrected chi connectivity index (χ4v) is 5.64. The predicted molar refractivity (Wildman–Crippen MR) is 110 cm³/mol. The number of thiophene rings is 1. The Morgan fingerprint density at radius 2 is 1.78 bits per heavy atom. The van der Waals surface area contributed by atoms with Gasteiger partial charge >= 0.3 is 0 Å². The molecule has 5 nitrogen and oxygen atoms in total. The number of aromatic amines is 1. The minimum absolute atomic E-state index is 0.0241. The van der Waals surface area contributed by atoms with E-state index in [2.05, 4.69) is 9.88 Å². The number of piperidine rings is 1. The maximum atomic E-state index is 12.9. The molecule has 5 rings (SSSR count). The number of hydrogen-bond donors (Lipinski definition) is 1. The molecule has 1 aliphatic carbocycles. The lowest BCUT2D eigenvalue weighted by Gasteiger charge is -2.25. The van der Waals surface area contributed by atoms with Crippen LogP contribution >= 0.6 is 11.3 Å². The van der Waals surface area contributed by atoms with Crippen molar-refractivity contribution in [1.29, 1.82) is 0 Å². The molecule has 0 atom stereocenters. The predicted octanol–water partition coefficient (Wildman–Crippen LogP) is 4.89. The number of H-pyrrole nitrogens is 1. The van der Waals surface area contributed by atoms with Gasteiger partial charge in [0.15, 0.2) is 17.5 Å². The third kappa shape index (κ3) is 3.20. The average molecular weight is 384 g/mol. The van der Waals surface area contributed by atoms with E-state index >= 15 is 0 Å². The molecule has 3 aromatic heterocycles. The number of aromatic nitrogens is 2. The van der Waals surface area contributed by atoms with E-state index in [0.717, 1.165) is 48.5 Å². The molecule has 1 saturated heterocycles. The molecule has 6 heteroatoms. The number of nitrogens with one attached hydrogen (secondary N) is 1. The molecule has 0 saturated carbocycles. The Morgan fingerprint density at radius 1 is 1.00 bits per heavy atom. The van der Waals surface area contributed by atoms with Crippen LogP contribution in [-0.4, -0.2) is 23.1 Å². The zero-order chi connectivity index (χ0) is 18.2. The number of aryl methyl sites for hydroxylation is 2. The Labute approximate surface area is 162 Å². The maximum absolute atomic E-state index is 12.9. The Kier molecular flexibility index (Phi) is 4.52. The number of hydrogen-bond acceptors (Lipinski definition) is 5. The summed E-state index contributed by atoms with van der Waals surface area (Å²) in [4.78, 5) is 25.1. The van der Waals surface area contributed by atoms with Gasteiger partial charge in [0.1, 0.15) is 4.83 Å². The molecule has 0 radical (unpaired) electrons. The zero-order valence-electron chi connectivity index (χ0n) is 15.6.